The zero-order chi connectivity index (χ0) is 43.3. The third kappa shape index (κ3) is 9.99. The van der Waals surface area contributed by atoms with E-state index in [1.807, 2.05) is 35.6 Å². The molecule has 4 saturated heterocycles. The number of carbonyl (C=O) groups excluding carboxylic acids is 1. The number of benzene rings is 4. The molecule has 12 nitrogen and oxygen atoms in total. The quantitative estimate of drug-likeness (QED) is 0.0923. The summed E-state index contributed by atoms with van der Waals surface area (Å²) in [5.41, 5.74) is 4.71. The van der Waals surface area contributed by atoms with Crippen molar-refractivity contribution in [2.24, 2.45) is 5.92 Å². The van der Waals surface area contributed by atoms with Crippen LogP contribution in [0.4, 0.5) is 17.1 Å². The molecular weight excluding hydrogens is 835 g/mol. The van der Waals surface area contributed by atoms with E-state index in [0.717, 1.165) is 69.2 Å². The fourth-order valence-electron chi connectivity index (χ4n) is 9.56. The summed E-state index contributed by atoms with van der Waals surface area (Å²) in [5, 5.41) is 13.0. The predicted octanol–water partition coefficient (Wildman–Crippen LogP) is 10.2. The van der Waals surface area contributed by atoms with Gasteiger partial charge < -0.3 is 19.7 Å². The minimum atomic E-state index is -4.49. The summed E-state index contributed by atoms with van der Waals surface area (Å²) in [7, 11) is -4.49. The van der Waals surface area contributed by atoms with Crippen LogP contribution in [0.1, 0.15) is 78.6 Å². The van der Waals surface area contributed by atoms with Crippen LogP contribution in [0.25, 0.3) is 16.5 Å². The van der Waals surface area contributed by atoms with Gasteiger partial charge in [-0.2, -0.15) is 0 Å². The first-order valence-corrected chi connectivity index (χ1v) is 24.4. The van der Waals surface area contributed by atoms with Crippen LogP contribution in [0.2, 0.25) is 0 Å². The highest BCUT2D eigenvalue weighted by molar-refractivity contribution is 7.90. The van der Waals surface area contributed by atoms with Crippen molar-refractivity contribution in [3.63, 3.8) is 0 Å². The Morgan fingerprint density at radius 3 is 2.38 bits per heavy atom. The van der Waals surface area contributed by atoms with Crippen LogP contribution < -0.4 is 19.7 Å². The van der Waals surface area contributed by atoms with Crippen LogP contribution in [-0.2, 0) is 21.3 Å². The molecule has 63 heavy (non-hydrogen) atoms. The van der Waals surface area contributed by atoms with E-state index in [0.29, 0.717) is 31.4 Å². The molecule has 14 heteroatoms. The second-order valence-electron chi connectivity index (χ2n) is 17.0. The number of thiophene rings is 1. The van der Waals surface area contributed by atoms with Gasteiger partial charge in [0.15, 0.2) is 0 Å². The molecule has 328 valence electrons. The Bertz CT molecular complexity index is 2570. The number of para-hydroxylation sites is 1. The van der Waals surface area contributed by atoms with Gasteiger partial charge in [0, 0.05) is 79.1 Å². The number of anilines is 2. The normalized spacial score (nSPS) is 19.4. The number of rotatable bonds is 14. The van der Waals surface area contributed by atoms with Crippen LogP contribution in [0.5, 0.6) is 11.5 Å². The molecule has 5 heterocycles. The van der Waals surface area contributed by atoms with Crippen LogP contribution >= 0.6 is 11.3 Å². The first-order chi connectivity index (χ1) is 30.7. The molecule has 1 amide bonds. The number of amides is 1. The largest absolute Gasteiger partial charge is 0.456 e. The van der Waals surface area contributed by atoms with Crippen molar-refractivity contribution >= 4 is 50.4 Å². The average Bonchev–Trinajstić information content (AvgIpc) is 3.84. The zero-order valence-corrected chi connectivity index (χ0v) is 36.9. The van der Waals surface area contributed by atoms with Crippen molar-refractivity contribution in [3.05, 3.63) is 130 Å². The van der Waals surface area contributed by atoms with E-state index in [1.165, 1.54) is 70.7 Å². The second kappa shape index (κ2) is 19.1. The van der Waals surface area contributed by atoms with Crippen LogP contribution in [0, 0.1) is 10.8 Å². The van der Waals surface area contributed by atoms with E-state index in [4.69, 9.17) is 9.47 Å². The molecule has 3 N–H and O–H groups in total. The van der Waals surface area contributed by atoms with E-state index >= 15 is 0 Å². The third-order valence-corrected chi connectivity index (χ3v) is 15.5. The number of fused-ring (bicyclic) bond motifs is 2. The number of hydrogen-bond acceptors (Lipinski definition) is 10. The van der Waals surface area contributed by atoms with E-state index in [9.17, 15) is 23.3 Å². The van der Waals surface area contributed by atoms with Gasteiger partial charge in [-0.1, -0.05) is 60.5 Å². The molecule has 4 aliphatic rings. The molecular formula is C49H54N5O7S2+. The Hall–Kier alpha value is -5.54. The highest BCUT2D eigenvalue weighted by atomic mass is 32.2. The molecule has 1 aromatic heterocycles. The summed E-state index contributed by atoms with van der Waals surface area (Å²) in [4.78, 5) is 33.0. The Labute approximate surface area is 373 Å². The maximum atomic E-state index is 13.8. The van der Waals surface area contributed by atoms with Gasteiger partial charge in [0.25, 0.3) is 20.9 Å². The molecule has 4 aromatic carbocycles. The van der Waals surface area contributed by atoms with E-state index in [-0.39, 0.29) is 32.5 Å². The smallest absolute Gasteiger partial charge is 0.340 e. The Balaban J connectivity index is 0.887. The molecule has 2 bridgehead atoms. The Morgan fingerprint density at radius 1 is 0.873 bits per heavy atom. The third-order valence-electron chi connectivity index (χ3n) is 13.0. The summed E-state index contributed by atoms with van der Waals surface area (Å²) in [6, 6.07) is 32.7. The van der Waals surface area contributed by atoms with Crippen LogP contribution in [-0.4, -0.2) is 74.3 Å². The lowest BCUT2D eigenvalue weighted by Gasteiger charge is -2.34. The number of piperidine rings is 2. The maximum Gasteiger partial charge on any atom is 0.340 e. The summed E-state index contributed by atoms with van der Waals surface area (Å²) < 4.78 is 41.1. The summed E-state index contributed by atoms with van der Waals surface area (Å²) in [5.74, 6) is 0.0774. The first-order valence-electron chi connectivity index (χ1n) is 22.1. The monoisotopic (exact) mass is 888 g/mol. The Kier molecular flexibility index (Phi) is 12.9. The lowest BCUT2D eigenvalue weighted by Crippen LogP contribution is -2.38. The summed E-state index contributed by atoms with van der Waals surface area (Å²) >= 11 is 1.92. The molecule has 0 saturated carbocycles. The van der Waals surface area contributed by atoms with Crippen molar-refractivity contribution < 1.29 is 32.8 Å². The van der Waals surface area contributed by atoms with Gasteiger partial charge in [-0.15, -0.1) is 11.3 Å². The molecule has 2 atom stereocenters. The van der Waals surface area contributed by atoms with Gasteiger partial charge in [0.1, 0.15) is 17.2 Å². The predicted molar refractivity (Wildman–Crippen MR) is 247 cm³/mol. The number of sulfonamides is 1. The maximum absolute atomic E-state index is 13.8. The van der Waals surface area contributed by atoms with Crippen molar-refractivity contribution in [3.8, 4) is 21.9 Å². The number of nitrogens with zero attached hydrogens (tertiary/aromatic N) is 3. The molecule has 0 aliphatic carbocycles. The van der Waals surface area contributed by atoms with Gasteiger partial charge in [-0.25, -0.2) is 18.3 Å². The first kappa shape index (κ1) is 42.7. The van der Waals surface area contributed by atoms with Crippen molar-refractivity contribution in [1.82, 2.24) is 9.62 Å². The Morgan fingerprint density at radius 2 is 1.62 bits per heavy atom. The molecule has 4 aliphatic heterocycles. The number of hydrogen-bond donors (Lipinski definition) is 3. The SMILES string of the molecule is O=C(NS(=O)(=O)c1ccc(NCC2CCOCC2)c([N+](=O)O)c1)c1ccc(N2CCC(=Cc3ccccc3-c3ccc(CN4C5CCC[C@@H]4CC5)s3)CC2)cc1Oc1ccccc1. The van der Waals surface area contributed by atoms with Gasteiger partial charge >= 0.3 is 5.69 Å². The van der Waals surface area contributed by atoms with Gasteiger partial charge in [-0.05, 0) is 117 Å². The van der Waals surface area contributed by atoms with Crippen LogP contribution in [0.3, 0.4) is 0 Å². The second-order valence-corrected chi connectivity index (χ2v) is 19.9. The average molecular weight is 889 g/mol. The summed E-state index contributed by atoms with van der Waals surface area (Å²) in [6.07, 6.45) is 12.5. The lowest BCUT2D eigenvalue weighted by molar-refractivity contribution is -0.729. The van der Waals surface area contributed by atoms with E-state index in [1.54, 1.807) is 24.3 Å². The molecule has 0 radical (unpaired) electrons. The molecule has 0 spiro atoms. The van der Waals surface area contributed by atoms with Gasteiger partial charge in [-0.3, -0.25) is 9.69 Å². The lowest BCUT2D eigenvalue weighted by atomic mass is 9.97. The highest BCUT2D eigenvalue weighted by Crippen LogP contribution is 2.40. The van der Waals surface area contributed by atoms with Crippen molar-refractivity contribution in [2.45, 2.75) is 81.3 Å². The van der Waals surface area contributed by atoms with Gasteiger partial charge in [0.05, 0.1) is 15.4 Å². The van der Waals surface area contributed by atoms with Crippen molar-refractivity contribution in [1.29, 1.82) is 0 Å². The topological polar surface area (TPSA) is 141 Å². The van der Waals surface area contributed by atoms with E-state index in [2.05, 4.69) is 62.3 Å². The van der Waals surface area contributed by atoms with E-state index < -0.39 is 15.9 Å². The number of carbonyl (C=O) groups is 1. The summed E-state index contributed by atoms with van der Waals surface area (Å²) in [6.45, 7) is 4.38. The minimum Gasteiger partial charge on any atom is -0.456 e. The molecule has 5 aromatic rings. The number of nitrogens with one attached hydrogen (secondary N) is 2. The fraction of sp³-hybridized carbons (Fsp3) is 0.367. The zero-order valence-electron chi connectivity index (χ0n) is 35.3. The van der Waals surface area contributed by atoms with Crippen molar-refractivity contribution in [2.75, 3.05) is 43.1 Å². The molecule has 9 rings (SSSR count). The number of ether oxygens (including phenoxy) is 2. The fourth-order valence-corrected chi connectivity index (χ4v) is 11.6. The highest BCUT2D eigenvalue weighted by Gasteiger charge is 2.36. The van der Waals surface area contributed by atoms with Crippen LogP contribution in [0.15, 0.2) is 114 Å². The molecule has 4 fully saturated rings. The molecule has 1 unspecified atom stereocenters. The standard InChI is InChI=1S/C49H53N5O7S2/c55-49(51-63(58,59)42-17-19-45(46(31-42)54(56)57)50-32-35-23-27-60-28-24-35)44-18-15-39(30-47(44)61-40-10-2-1-3-11-40)52-25-21-34(22-26-52)29-36-7-4-5-12-43(36)48-20-16-41(62-48)33-53-37-8-6-9-38(53)14-13-37/h1-5,7,10-12,15-20,29-31,35,37-38,50H,6,8-9,13-14,21-28,32-33H2,(H-,51,55,56,57)/p+1/t37-,38?/m1/s1. The minimum absolute atomic E-state index is 0.0166. The van der Waals surface area contributed by atoms with Gasteiger partial charge in [0.2, 0.25) is 0 Å².